The van der Waals surface area contributed by atoms with Gasteiger partial charge >= 0.3 is 0 Å². The first-order valence-corrected chi connectivity index (χ1v) is 8.55. The van der Waals surface area contributed by atoms with E-state index in [-0.39, 0.29) is 9.92 Å². The van der Waals surface area contributed by atoms with Gasteiger partial charge in [-0.3, -0.25) is 10.4 Å². The Balaban J connectivity index is 2.14. The zero-order valence-electron chi connectivity index (χ0n) is 10.4. The number of hydrazine groups is 1. The fourth-order valence-electron chi connectivity index (χ4n) is 1.50. The summed E-state index contributed by atoms with van der Waals surface area (Å²) in [5, 5.41) is 0.173. The lowest BCUT2D eigenvalue weighted by atomic mass is 10.3. The highest BCUT2D eigenvalue weighted by Gasteiger charge is 2.12. The van der Waals surface area contributed by atoms with Crippen LogP contribution in [0, 0.1) is 0 Å². The SMILES string of the molecule is CS(=O)(=O)c1ccc(NNc2cncc(Br)c2)cc1Cl. The molecule has 0 amide bonds. The van der Waals surface area contributed by atoms with Crippen molar-refractivity contribution in [3.8, 4) is 0 Å². The van der Waals surface area contributed by atoms with Gasteiger partial charge in [0, 0.05) is 16.9 Å². The van der Waals surface area contributed by atoms with Gasteiger partial charge in [0.05, 0.1) is 27.5 Å². The van der Waals surface area contributed by atoms with Crippen LogP contribution in [0.2, 0.25) is 5.02 Å². The highest BCUT2D eigenvalue weighted by atomic mass is 79.9. The average Bonchev–Trinajstić information content (AvgIpc) is 2.35. The summed E-state index contributed by atoms with van der Waals surface area (Å²) in [5.41, 5.74) is 7.25. The lowest BCUT2D eigenvalue weighted by molar-refractivity contribution is 0.602. The van der Waals surface area contributed by atoms with E-state index in [0.717, 1.165) is 16.4 Å². The maximum absolute atomic E-state index is 11.4. The van der Waals surface area contributed by atoms with Crippen LogP contribution in [0.4, 0.5) is 11.4 Å². The lowest BCUT2D eigenvalue weighted by Gasteiger charge is -2.11. The Morgan fingerprint density at radius 3 is 2.45 bits per heavy atom. The van der Waals surface area contributed by atoms with Crippen LogP contribution < -0.4 is 10.9 Å². The third kappa shape index (κ3) is 3.84. The monoisotopic (exact) mass is 375 g/mol. The Morgan fingerprint density at radius 1 is 1.15 bits per heavy atom. The summed E-state index contributed by atoms with van der Waals surface area (Å²) in [6.07, 6.45) is 4.43. The van der Waals surface area contributed by atoms with E-state index in [4.69, 9.17) is 11.6 Å². The highest BCUT2D eigenvalue weighted by molar-refractivity contribution is 9.10. The van der Waals surface area contributed by atoms with Gasteiger partial charge in [0.2, 0.25) is 0 Å². The van der Waals surface area contributed by atoms with Crippen LogP contribution in [0.5, 0.6) is 0 Å². The van der Waals surface area contributed by atoms with Crippen molar-refractivity contribution < 1.29 is 8.42 Å². The van der Waals surface area contributed by atoms with Crippen LogP contribution in [0.3, 0.4) is 0 Å². The molecule has 8 heteroatoms. The minimum atomic E-state index is -3.32. The van der Waals surface area contributed by atoms with E-state index in [2.05, 4.69) is 31.8 Å². The molecule has 0 radical (unpaired) electrons. The predicted molar refractivity (Wildman–Crippen MR) is 83.7 cm³/mol. The summed E-state index contributed by atoms with van der Waals surface area (Å²) in [6, 6.07) is 6.46. The van der Waals surface area contributed by atoms with Gasteiger partial charge < -0.3 is 5.43 Å². The van der Waals surface area contributed by atoms with Crippen molar-refractivity contribution in [3.05, 3.63) is 46.2 Å². The summed E-state index contributed by atoms with van der Waals surface area (Å²) in [7, 11) is -3.32. The molecule has 0 bridgehead atoms. The molecule has 2 N–H and O–H groups in total. The standard InChI is InChI=1S/C12H11BrClN3O2S/c1-20(18,19)12-3-2-9(5-11(12)14)16-17-10-4-8(13)6-15-7-10/h2-7,16-17H,1H3. The molecule has 5 nitrogen and oxygen atoms in total. The van der Waals surface area contributed by atoms with E-state index in [0.29, 0.717) is 5.69 Å². The third-order valence-electron chi connectivity index (χ3n) is 2.39. The molecule has 0 aliphatic carbocycles. The van der Waals surface area contributed by atoms with Gasteiger partial charge in [-0.05, 0) is 40.2 Å². The predicted octanol–water partition coefficient (Wildman–Crippen LogP) is 3.34. The van der Waals surface area contributed by atoms with E-state index >= 15 is 0 Å². The lowest BCUT2D eigenvalue weighted by Crippen LogP contribution is -2.09. The maximum Gasteiger partial charge on any atom is 0.176 e. The first-order valence-electron chi connectivity index (χ1n) is 5.48. The van der Waals surface area contributed by atoms with E-state index in [1.165, 1.54) is 12.1 Å². The van der Waals surface area contributed by atoms with Crippen LogP contribution >= 0.6 is 27.5 Å². The van der Waals surface area contributed by atoms with Gasteiger partial charge in [-0.2, -0.15) is 0 Å². The second-order valence-electron chi connectivity index (χ2n) is 4.06. The van der Waals surface area contributed by atoms with Crippen molar-refractivity contribution in [3.63, 3.8) is 0 Å². The van der Waals surface area contributed by atoms with Crippen molar-refractivity contribution in [1.29, 1.82) is 0 Å². The summed E-state index contributed by atoms with van der Waals surface area (Å²) in [5.74, 6) is 0. The maximum atomic E-state index is 11.4. The number of benzene rings is 1. The molecule has 0 atom stereocenters. The fourth-order valence-corrected chi connectivity index (χ4v) is 3.20. The van der Waals surface area contributed by atoms with E-state index in [1.807, 2.05) is 6.07 Å². The minimum absolute atomic E-state index is 0.105. The van der Waals surface area contributed by atoms with Gasteiger partial charge in [-0.15, -0.1) is 0 Å². The number of rotatable bonds is 4. The Bertz CT molecular complexity index is 737. The summed E-state index contributed by atoms with van der Waals surface area (Å²) >= 11 is 9.27. The number of anilines is 2. The van der Waals surface area contributed by atoms with Gasteiger partial charge in [0.15, 0.2) is 9.84 Å². The Kier molecular flexibility index (Phi) is 4.52. The Labute approximate surface area is 130 Å². The van der Waals surface area contributed by atoms with Crippen molar-refractivity contribution in [1.82, 2.24) is 4.98 Å². The number of halogens is 2. The first-order chi connectivity index (χ1) is 9.36. The van der Waals surface area contributed by atoms with Crippen molar-refractivity contribution >= 4 is 48.7 Å². The normalized spacial score (nSPS) is 11.2. The number of aromatic nitrogens is 1. The Morgan fingerprint density at radius 2 is 1.85 bits per heavy atom. The number of nitrogens with zero attached hydrogens (tertiary/aromatic N) is 1. The molecule has 0 unspecified atom stereocenters. The number of hydrogen-bond acceptors (Lipinski definition) is 5. The topological polar surface area (TPSA) is 71.1 Å². The fraction of sp³-hybridized carbons (Fsp3) is 0.0833. The van der Waals surface area contributed by atoms with Gasteiger partial charge in [0.1, 0.15) is 0 Å². The molecule has 2 aromatic rings. The molecule has 0 aliphatic heterocycles. The molecule has 0 saturated carbocycles. The highest BCUT2D eigenvalue weighted by Crippen LogP contribution is 2.25. The van der Waals surface area contributed by atoms with E-state index < -0.39 is 9.84 Å². The number of pyridine rings is 1. The second-order valence-corrected chi connectivity index (χ2v) is 7.37. The molecular weight excluding hydrogens is 366 g/mol. The Hall–Kier alpha value is -1.31. The van der Waals surface area contributed by atoms with Crippen LogP contribution in [-0.2, 0) is 9.84 Å². The molecule has 0 fully saturated rings. The molecular formula is C12H11BrClN3O2S. The molecule has 1 heterocycles. The molecule has 0 aliphatic rings. The van der Waals surface area contributed by atoms with Crippen LogP contribution in [0.1, 0.15) is 0 Å². The van der Waals surface area contributed by atoms with Gasteiger partial charge in [-0.1, -0.05) is 11.6 Å². The van der Waals surface area contributed by atoms with Crippen LogP contribution in [-0.4, -0.2) is 19.7 Å². The quantitative estimate of drug-likeness (QED) is 0.801. The van der Waals surface area contributed by atoms with Gasteiger partial charge in [-0.25, -0.2) is 8.42 Å². The van der Waals surface area contributed by atoms with Crippen molar-refractivity contribution in [2.75, 3.05) is 17.1 Å². The van der Waals surface area contributed by atoms with Crippen molar-refractivity contribution in [2.45, 2.75) is 4.90 Å². The number of nitrogens with one attached hydrogen (secondary N) is 2. The second kappa shape index (κ2) is 5.99. The largest absolute Gasteiger partial charge is 0.301 e. The molecule has 0 spiro atoms. The summed E-state index contributed by atoms with van der Waals surface area (Å²) < 4.78 is 23.7. The first kappa shape index (κ1) is 15.1. The summed E-state index contributed by atoms with van der Waals surface area (Å²) in [4.78, 5) is 4.11. The smallest absolute Gasteiger partial charge is 0.176 e. The van der Waals surface area contributed by atoms with E-state index in [1.54, 1.807) is 18.5 Å². The molecule has 1 aromatic carbocycles. The molecule has 2 rings (SSSR count). The zero-order valence-corrected chi connectivity index (χ0v) is 13.6. The molecule has 106 valence electrons. The van der Waals surface area contributed by atoms with Crippen LogP contribution in [0.15, 0.2) is 46.0 Å². The molecule has 1 aromatic heterocycles. The zero-order chi connectivity index (χ0) is 14.8. The molecule has 0 saturated heterocycles. The minimum Gasteiger partial charge on any atom is -0.301 e. The van der Waals surface area contributed by atoms with Gasteiger partial charge in [0.25, 0.3) is 0 Å². The summed E-state index contributed by atoms with van der Waals surface area (Å²) in [6.45, 7) is 0. The third-order valence-corrected chi connectivity index (χ3v) is 4.40. The number of hydrogen-bond donors (Lipinski definition) is 2. The molecule has 20 heavy (non-hydrogen) atoms. The van der Waals surface area contributed by atoms with Crippen LogP contribution in [0.25, 0.3) is 0 Å². The number of sulfone groups is 1. The van der Waals surface area contributed by atoms with Crippen molar-refractivity contribution in [2.24, 2.45) is 0 Å². The average molecular weight is 377 g/mol. The van der Waals surface area contributed by atoms with E-state index in [9.17, 15) is 8.42 Å².